The number of carbonyl (C=O) groups excluding carboxylic acids is 1. The molecule has 0 aromatic carbocycles. The maximum absolute atomic E-state index is 12.0. The zero-order valence-electron chi connectivity index (χ0n) is 12.3. The van der Waals surface area contributed by atoms with Gasteiger partial charge in [0.25, 0.3) is 0 Å². The van der Waals surface area contributed by atoms with Crippen LogP contribution in [0.5, 0.6) is 0 Å². The van der Waals surface area contributed by atoms with Gasteiger partial charge < -0.3 is 15.3 Å². The van der Waals surface area contributed by atoms with Gasteiger partial charge in [-0.3, -0.25) is 14.4 Å². The van der Waals surface area contributed by atoms with E-state index in [9.17, 15) is 24.6 Å². The molecule has 1 rings (SSSR count). The topological polar surface area (TPSA) is 112 Å². The monoisotopic (exact) mass is 300 g/mol. The second-order valence-corrected chi connectivity index (χ2v) is 5.89. The van der Waals surface area contributed by atoms with Crippen LogP contribution < -0.4 is 0 Å². The molecule has 0 bridgehead atoms. The minimum Gasteiger partial charge on any atom is -0.481 e. The van der Waals surface area contributed by atoms with Crippen molar-refractivity contribution < 1.29 is 29.7 Å². The number of Topliss-reactive ketones (excluding diaryl/α,β-unsaturated/α-hetero) is 1. The van der Waals surface area contributed by atoms with Crippen molar-refractivity contribution in [1.29, 1.82) is 0 Å². The number of carboxylic acids is 2. The molecular weight excluding hydrogens is 276 g/mol. The Balaban J connectivity index is 2.43. The van der Waals surface area contributed by atoms with Crippen molar-refractivity contribution in [2.75, 3.05) is 0 Å². The van der Waals surface area contributed by atoms with E-state index in [-0.39, 0.29) is 18.6 Å². The van der Waals surface area contributed by atoms with Crippen LogP contribution in [0.1, 0.15) is 51.9 Å². The van der Waals surface area contributed by atoms with Crippen LogP contribution in [0.2, 0.25) is 0 Å². The Morgan fingerprint density at radius 3 is 2.33 bits per heavy atom. The fraction of sp³-hybridized carbons (Fsp3) is 0.800. The van der Waals surface area contributed by atoms with Crippen molar-refractivity contribution in [1.82, 2.24) is 0 Å². The van der Waals surface area contributed by atoms with Gasteiger partial charge >= 0.3 is 11.9 Å². The summed E-state index contributed by atoms with van der Waals surface area (Å²) in [7, 11) is 0. The van der Waals surface area contributed by atoms with Crippen LogP contribution in [0.3, 0.4) is 0 Å². The van der Waals surface area contributed by atoms with E-state index < -0.39 is 35.8 Å². The van der Waals surface area contributed by atoms with E-state index in [1.54, 1.807) is 0 Å². The number of carboxylic acid groups (broad SMARTS) is 2. The highest BCUT2D eigenvalue weighted by molar-refractivity contribution is 5.90. The third-order valence-corrected chi connectivity index (χ3v) is 4.31. The van der Waals surface area contributed by atoms with Gasteiger partial charge in [-0.05, 0) is 19.8 Å². The molecule has 4 atom stereocenters. The Morgan fingerprint density at radius 1 is 1.19 bits per heavy atom. The molecular formula is C15H24O6. The smallest absolute Gasteiger partial charge is 0.307 e. The minimum absolute atomic E-state index is 0.0705. The molecule has 0 heterocycles. The van der Waals surface area contributed by atoms with Crippen molar-refractivity contribution in [3.63, 3.8) is 0 Å². The molecule has 0 aromatic rings. The molecule has 1 saturated carbocycles. The first-order valence-electron chi connectivity index (χ1n) is 7.50. The third-order valence-electron chi connectivity index (χ3n) is 4.31. The van der Waals surface area contributed by atoms with Gasteiger partial charge in [0.15, 0.2) is 0 Å². The van der Waals surface area contributed by atoms with Crippen molar-refractivity contribution in [2.24, 2.45) is 17.8 Å². The summed E-state index contributed by atoms with van der Waals surface area (Å²) in [5.74, 6) is -3.70. The number of hydrogen-bond donors (Lipinski definition) is 3. The number of aliphatic hydroxyl groups excluding tert-OH is 1. The quantitative estimate of drug-likeness (QED) is 0.559. The van der Waals surface area contributed by atoms with Gasteiger partial charge in [-0.15, -0.1) is 0 Å². The van der Waals surface area contributed by atoms with Gasteiger partial charge in [0.2, 0.25) is 0 Å². The lowest BCUT2D eigenvalue weighted by Gasteiger charge is -2.21. The second-order valence-electron chi connectivity index (χ2n) is 5.89. The van der Waals surface area contributed by atoms with E-state index in [1.165, 1.54) is 6.92 Å². The summed E-state index contributed by atoms with van der Waals surface area (Å²) < 4.78 is 0. The highest BCUT2D eigenvalue weighted by atomic mass is 16.4. The van der Waals surface area contributed by atoms with Crippen LogP contribution in [0, 0.1) is 17.8 Å². The molecule has 6 heteroatoms. The molecule has 120 valence electrons. The zero-order valence-corrected chi connectivity index (χ0v) is 12.3. The van der Waals surface area contributed by atoms with E-state index >= 15 is 0 Å². The van der Waals surface area contributed by atoms with Crippen molar-refractivity contribution in [3.8, 4) is 0 Å². The fourth-order valence-electron chi connectivity index (χ4n) is 3.17. The van der Waals surface area contributed by atoms with Gasteiger partial charge in [0.05, 0.1) is 12.0 Å². The molecule has 1 aliphatic carbocycles. The van der Waals surface area contributed by atoms with Crippen molar-refractivity contribution in [2.45, 2.75) is 58.0 Å². The van der Waals surface area contributed by atoms with Crippen LogP contribution in [-0.2, 0) is 14.4 Å². The summed E-state index contributed by atoms with van der Waals surface area (Å²) in [4.78, 5) is 33.7. The lowest BCUT2D eigenvalue weighted by Crippen LogP contribution is -2.31. The fourth-order valence-corrected chi connectivity index (χ4v) is 3.17. The van der Waals surface area contributed by atoms with Gasteiger partial charge in [0.1, 0.15) is 5.78 Å². The average molecular weight is 300 g/mol. The molecule has 1 aliphatic rings. The standard InChI is InChI=1S/C15H24O6/c1-9(16)11-8-12(17)10(14(11)15(20)21)6-4-2-3-5-7-13(18)19/h9-11,14,16H,2-8H2,1H3,(H,18,19)(H,20,21)/t9?,10?,11-,14-/m0/s1. The average Bonchev–Trinajstić information content (AvgIpc) is 2.71. The lowest BCUT2D eigenvalue weighted by atomic mass is 9.84. The zero-order chi connectivity index (χ0) is 16.0. The van der Waals surface area contributed by atoms with Gasteiger partial charge in [-0.25, -0.2) is 0 Å². The van der Waals surface area contributed by atoms with E-state index in [2.05, 4.69) is 0 Å². The summed E-state index contributed by atoms with van der Waals surface area (Å²) in [6.07, 6.45) is 2.87. The van der Waals surface area contributed by atoms with Crippen LogP contribution in [0.4, 0.5) is 0 Å². The SMILES string of the molecule is CC(O)[C@@H]1CC(=O)C(CCCCCCC(=O)O)[C@@H]1C(=O)O. The lowest BCUT2D eigenvalue weighted by molar-refractivity contribution is -0.147. The second kappa shape index (κ2) is 8.12. The largest absolute Gasteiger partial charge is 0.481 e. The van der Waals surface area contributed by atoms with Crippen LogP contribution in [-0.4, -0.2) is 39.1 Å². The van der Waals surface area contributed by atoms with E-state index in [1.807, 2.05) is 0 Å². The van der Waals surface area contributed by atoms with Crippen molar-refractivity contribution in [3.05, 3.63) is 0 Å². The third kappa shape index (κ3) is 5.12. The number of unbranched alkanes of at least 4 members (excludes halogenated alkanes) is 3. The number of carbonyl (C=O) groups is 3. The summed E-state index contributed by atoms with van der Waals surface area (Å²) >= 11 is 0. The first kappa shape index (κ1) is 17.6. The number of aliphatic carboxylic acids is 2. The number of ketones is 1. The molecule has 6 nitrogen and oxygen atoms in total. The first-order valence-corrected chi connectivity index (χ1v) is 7.50. The van der Waals surface area contributed by atoms with E-state index in [0.717, 1.165) is 12.8 Å². The predicted octanol–water partition coefficient (Wildman–Crippen LogP) is 1.70. The van der Waals surface area contributed by atoms with E-state index in [0.29, 0.717) is 19.3 Å². The first-order chi connectivity index (χ1) is 9.84. The maximum Gasteiger partial charge on any atom is 0.307 e. The summed E-state index contributed by atoms with van der Waals surface area (Å²) in [6.45, 7) is 1.53. The molecule has 0 radical (unpaired) electrons. The van der Waals surface area contributed by atoms with Crippen LogP contribution in [0.15, 0.2) is 0 Å². The predicted molar refractivity (Wildman–Crippen MR) is 74.7 cm³/mol. The van der Waals surface area contributed by atoms with Crippen molar-refractivity contribution >= 4 is 17.7 Å². The van der Waals surface area contributed by atoms with Crippen LogP contribution >= 0.6 is 0 Å². The Morgan fingerprint density at radius 2 is 1.81 bits per heavy atom. The highest BCUT2D eigenvalue weighted by Gasteiger charge is 2.47. The molecule has 3 N–H and O–H groups in total. The number of rotatable bonds is 9. The Bertz CT molecular complexity index is 390. The van der Waals surface area contributed by atoms with Crippen LogP contribution in [0.25, 0.3) is 0 Å². The maximum atomic E-state index is 12.0. The molecule has 21 heavy (non-hydrogen) atoms. The molecule has 0 amide bonds. The minimum atomic E-state index is -1.01. The summed E-state index contributed by atoms with van der Waals surface area (Å²) in [5.41, 5.74) is 0. The van der Waals surface area contributed by atoms with Gasteiger partial charge in [0, 0.05) is 24.7 Å². The molecule has 0 aromatic heterocycles. The number of aliphatic hydroxyl groups is 1. The molecule has 0 saturated heterocycles. The van der Waals surface area contributed by atoms with Gasteiger partial charge in [-0.1, -0.05) is 19.3 Å². The summed E-state index contributed by atoms with van der Waals surface area (Å²) in [5, 5.41) is 27.4. The Labute approximate surface area is 124 Å². The van der Waals surface area contributed by atoms with Gasteiger partial charge in [-0.2, -0.15) is 0 Å². The molecule has 0 spiro atoms. The molecule has 1 fully saturated rings. The Hall–Kier alpha value is -1.43. The highest BCUT2D eigenvalue weighted by Crippen LogP contribution is 2.39. The molecule has 2 unspecified atom stereocenters. The summed E-state index contributed by atoms with van der Waals surface area (Å²) in [6, 6.07) is 0. The normalized spacial score (nSPS) is 26.8. The number of hydrogen-bond acceptors (Lipinski definition) is 4. The van der Waals surface area contributed by atoms with E-state index in [4.69, 9.17) is 5.11 Å². The Kier molecular flexibility index (Phi) is 6.81. The molecule has 0 aliphatic heterocycles.